The van der Waals surface area contributed by atoms with E-state index in [-0.39, 0.29) is 29.7 Å². The number of nitro benzene ring substituents is 1. The van der Waals surface area contributed by atoms with Gasteiger partial charge in [-0.15, -0.1) is 0 Å². The maximum absolute atomic E-state index is 12.6. The molecule has 0 amide bonds. The topological polar surface area (TPSA) is 119 Å². The molecule has 0 heterocycles. The van der Waals surface area contributed by atoms with Gasteiger partial charge in [-0.1, -0.05) is 0 Å². The minimum absolute atomic E-state index is 0.0556. The molecule has 1 fully saturated rings. The summed E-state index contributed by atoms with van der Waals surface area (Å²) < 4.78 is 60.2. The van der Waals surface area contributed by atoms with Crippen LogP contribution in [0.1, 0.15) is 19.3 Å². The lowest BCUT2D eigenvalue weighted by atomic mass is 10.2. The summed E-state index contributed by atoms with van der Waals surface area (Å²) in [4.78, 5) is 11.3. The Hall–Kier alpha value is -1.92. The Balaban J connectivity index is 1.95. The van der Waals surface area contributed by atoms with E-state index < -0.39 is 33.4 Å². The van der Waals surface area contributed by atoms with Crippen molar-refractivity contribution in [3.63, 3.8) is 0 Å². The lowest BCUT2D eigenvalue weighted by Gasteiger charge is -2.23. The van der Waals surface area contributed by atoms with Crippen molar-refractivity contribution in [2.45, 2.75) is 36.4 Å². The number of primary sulfonamides is 1. The number of alkyl halides is 3. The number of hydrogen-bond acceptors (Lipinski definition) is 6. The van der Waals surface area contributed by atoms with E-state index >= 15 is 0 Å². The summed E-state index contributed by atoms with van der Waals surface area (Å²) in [7, 11) is -4.08. The molecule has 26 heavy (non-hydrogen) atoms. The lowest BCUT2D eigenvalue weighted by molar-refractivity contribution is -0.384. The van der Waals surface area contributed by atoms with Crippen molar-refractivity contribution in [1.29, 1.82) is 0 Å². The monoisotopic (exact) mass is 396 g/mol. The van der Waals surface area contributed by atoms with Crippen LogP contribution in [-0.4, -0.2) is 50.1 Å². The largest absolute Gasteiger partial charge is 0.401 e. The number of anilines is 1. The quantitative estimate of drug-likeness (QED) is 0.375. The van der Waals surface area contributed by atoms with Gasteiger partial charge in [0.2, 0.25) is 10.0 Å². The van der Waals surface area contributed by atoms with Gasteiger partial charge in [-0.2, -0.15) is 13.2 Å². The number of nitro groups is 1. The zero-order valence-electron chi connectivity index (χ0n) is 13.7. The van der Waals surface area contributed by atoms with Crippen LogP contribution in [-0.2, 0) is 10.0 Å². The number of nitrogens with zero attached hydrogens (tertiary/aromatic N) is 2. The van der Waals surface area contributed by atoms with Crippen LogP contribution in [0.4, 0.5) is 24.5 Å². The molecule has 0 atom stereocenters. The van der Waals surface area contributed by atoms with Crippen molar-refractivity contribution in [3.8, 4) is 0 Å². The third-order valence-electron chi connectivity index (χ3n) is 3.88. The van der Waals surface area contributed by atoms with Gasteiger partial charge in [0.05, 0.1) is 16.4 Å². The summed E-state index contributed by atoms with van der Waals surface area (Å²) in [5, 5.41) is 18.8. The highest BCUT2D eigenvalue weighted by atomic mass is 32.2. The highest BCUT2D eigenvalue weighted by Gasteiger charge is 2.37. The molecule has 146 valence electrons. The second-order valence-electron chi connectivity index (χ2n) is 6.08. The van der Waals surface area contributed by atoms with E-state index in [0.717, 1.165) is 25.0 Å². The van der Waals surface area contributed by atoms with Gasteiger partial charge in [0.1, 0.15) is 5.69 Å². The molecule has 0 aromatic heterocycles. The molecule has 2 rings (SSSR count). The van der Waals surface area contributed by atoms with Gasteiger partial charge >= 0.3 is 6.18 Å². The SMILES string of the molecule is NS(=O)(=O)c1ccc(NCCCN(CC(F)(F)F)C2CC2)c([N+](=O)[O-])c1. The van der Waals surface area contributed by atoms with E-state index in [1.165, 1.54) is 11.0 Å². The van der Waals surface area contributed by atoms with Crippen LogP contribution in [0.3, 0.4) is 0 Å². The van der Waals surface area contributed by atoms with Crippen molar-refractivity contribution in [2.75, 3.05) is 25.0 Å². The molecule has 0 unspecified atom stereocenters. The van der Waals surface area contributed by atoms with Gasteiger partial charge in [0, 0.05) is 25.2 Å². The summed E-state index contributed by atoms with van der Waals surface area (Å²) in [6.07, 6.45) is -2.44. The Morgan fingerprint density at radius 3 is 2.50 bits per heavy atom. The third-order valence-corrected chi connectivity index (χ3v) is 4.79. The van der Waals surface area contributed by atoms with Crippen LogP contribution < -0.4 is 10.5 Å². The van der Waals surface area contributed by atoms with Gasteiger partial charge in [-0.25, -0.2) is 13.6 Å². The van der Waals surface area contributed by atoms with Crippen LogP contribution in [0, 0.1) is 10.1 Å². The fraction of sp³-hybridized carbons (Fsp3) is 0.571. The molecule has 1 saturated carbocycles. The molecule has 1 aliphatic rings. The Bertz CT molecular complexity index is 766. The Kier molecular flexibility index (Phi) is 6.09. The van der Waals surface area contributed by atoms with Crippen LogP contribution in [0.2, 0.25) is 0 Å². The predicted molar refractivity (Wildman–Crippen MR) is 88.2 cm³/mol. The van der Waals surface area contributed by atoms with Crippen LogP contribution in [0.25, 0.3) is 0 Å². The summed E-state index contributed by atoms with van der Waals surface area (Å²) in [6.45, 7) is -0.558. The molecule has 3 N–H and O–H groups in total. The number of benzene rings is 1. The average Bonchev–Trinajstić information content (AvgIpc) is 3.32. The Labute approximate surface area is 148 Å². The molecule has 1 aromatic carbocycles. The van der Waals surface area contributed by atoms with Gasteiger partial charge in [0.25, 0.3) is 5.69 Å². The first-order chi connectivity index (χ1) is 12.0. The summed E-state index contributed by atoms with van der Waals surface area (Å²) in [5.74, 6) is 0. The predicted octanol–water partition coefficient (Wildman–Crippen LogP) is 2.07. The van der Waals surface area contributed by atoms with Crippen molar-refractivity contribution < 1.29 is 26.5 Å². The summed E-state index contributed by atoms with van der Waals surface area (Å²) in [6, 6.07) is 3.13. The molecule has 0 aliphatic heterocycles. The zero-order chi connectivity index (χ0) is 19.5. The standard InChI is InChI=1S/C14H19F3N4O4S/c15-14(16,17)9-20(10-2-3-10)7-1-6-19-12-5-4-11(26(18,24)25)8-13(12)21(22)23/h4-5,8,10,19H,1-3,6-7,9H2,(H2,18,24,25). The van der Waals surface area contributed by atoms with Gasteiger partial charge in [-0.05, 0) is 31.4 Å². The Morgan fingerprint density at radius 2 is 2.00 bits per heavy atom. The molecule has 0 spiro atoms. The minimum Gasteiger partial charge on any atom is -0.379 e. The molecule has 0 radical (unpaired) electrons. The molecule has 8 nitrogen and oxygen atoms in total. The van der Waals surface area contributed by atoms with E-state index in [4.69, 9.17) is 5.14 Å². The molecular weight excluding hydrogens is 377 g/mol. The number of nitrogens with one attached hydrogen (secondary N) is 1. The van der Waals surface area contributed by atoms with Crippen LogP contribution in [0.5, 0.6) is 0 Å². The van der Waals surface area contributed by atoms with E-state index in [2.05, 4.69) is 5.32 Å². The maximum atomic E-state index is 12.6. The second-order valence-corrected chi connectivity index (χ2v) is 7.64. The Morgan fingerprint density at radius 1 is 1.35 bits per heavy atom. The highest BCUT2D eigenvalue weighted by molar-refractivity contribution is 7.89. The second kappa shape index (κ2) is 7.76. The van der Waals surface area contributed by atoms with Gasteiger partial charge in [0.15, 0.2) is 0 Å². The van der Waals surface area contributed by atoms with E-state index in [9.17, 15) is 31.7 Å². The fourth-order valence-corrected chi connectivity index (χ4v) is 3.09. The molecule has 0 saturated heterocycles. The lowest BCUT2D eigenvalue weighted by Crippen LogP contribution is -2.37. The average molecular weight is 396 g/mol. The molecular formula is C14H19F3N4O4S. The third kappa shape index (κ3) is 6.11. The minimum atomic E-state index is -4.27. The number of rotatable bonds is 9. The van der Waals surface area contributed by atoms with Crippen molar-refractivity contribution in [2.24, 2.45) is 5.14 Å². The smallest absolute Gasteiger partial charge is 0.379 e. The van der Waals surface area contributed by atoms with E-state index in [1.54, 1.807) is 0 Å². The number of nitrogens with two attached hydrogens (primary N) is 1. The fourth-order valence-electron chi connectivity index (χ4n) is 2.55. The number of hydrogen-bond donors (Lipinski definition) is 2. The van der Waals surface area contributed by atoms with Gasteiger partial charge < -0.3 is 5.32 Å². The summed E-state index contributed by atoms with van der Waals surface area (Å²) >= 11 is 0. The zero-order valence-corrected chi connectivity index (χ0v) is 14.5. The van der Waals surface area contributed by atoms with Crippen molar-refractivity contribution in [3.05, 3.63) is 28.3 Å². The van der Waals surface area contributed by atoms with Crippen molar-refractivity contribution in [1.82, 2.24) is 4.90 Å². The molecule has 0 bridgehead atoms. The highest BCUT2D eigenvalue weighted by Crippen LogP contribution is 2.30. The normalized spacial score (nSPS) is 15.3. The molecule has 1 aliphatic carbocycles. The van der Waals surface area contributed by atoms with Gasteiger partial charge in [-0.3, -0.25) is 15.0 Å². The van der Waals surface area contributed by atoms with E-state index in [0.29, 0.717) is 6.42 Å². The van der Waals surface area contributed by atoms with Crippen molar-refractivity contribution >= 4 is 21.4 Å². The number of halogens is 3. The summed E-state index contributed by atoms with van der Waals surface area (Å²) in [5.41, 5.74) is -0.387. The molecule has 1 aromatic rings. The maximum Gasteiger partial charge on any atom is 0.401 e. The molecule has 12 heteroatoms. The van der Waals surface area contributed by atoms with Crippen LogP contribution >= 0.6 is 0 Å². The number of sulfonamides is 1. The first kappa shape index (κ1) is 20.4. The first-order valence-corrected chi connectivity index (χ1v) is 9.38. The first-order valence-electron chi connectivity index (χ1n) is 7.83. The van der Waals surface area contributed by atoms with Crippen LogP contribution in [0.15, 0.2) is 23.1 Å². The van der Waals surface area contributed by atoms with E-state index in [1.807, 2.05) is 0 Å².